The highest BCUT2D eigenvalue weighted by Gasteiger charge is 2.16. The van der Waals surface area contributed by atoms with E-state index in [4.69, 9.17) is 10.3 Å². The molecule has 0 aliphatic heterocycles. The molecule has 0 spiro atoms. The van der Waals surface area contributed by atoms with Crippen LogP contribution in [0.3, 0.4) is 0 Å². The van der Waals surface area contributed by atoms with Crippen LogP contribution in [0.1, 0.15) is 5.69 Å². The van der Waals surface area contributed by atoms with Crippen molar-refractivity contribution in [2.45, 2.75) is 6.92 Å². The van der Waals surface area contributed by atoms with Gasteiger partial charge in [-0.25, -0.2) is 4.98 Å². The normalized spacial score (nSPS) is 10.7. The van der Waals surface area contributed by atoms with E-state index in [2.05, 4.69) is 20.1 Å². The molecule has 0 aliphatic carbocycles. The van der Waals surface area contributed by atoms with Crippen LogP contribution in [-0.2, 0) is 0 Å². The first kappa shape index (κ1) is 10.8. The zero-order chi connectivity index (χ0) is 12.5. The molecule has 0 saturated heterocycles. The van der Waals surface area contributed by atoms with Gasteiger partial charge < -0.3 is 10.3 Å². The van der Waals surface area contributed by atoms with E-state index in [1.165, 1.54) is 11.3 Å². The summed E-state index contributed by atoms with van der Waals surface area (Å²) in [4.78, 5) is 13.2. The van der Waals surface area contributed by atoms with E-state index in [1.807, 2.05) is 19.1 Å². The predicted molar refractivity (Wildman–Crippen MR) is 67.8 cm³/mol. The van der Waals surface area contributed by atoms with E-state index >= 15 is 0 Å². The maximum atomic E-state index is 5.64. The van der Waals surface area contributed by atoms with E-state index in [0.717, 1.165) is 16.1 Å². The monoisotopic (exact) mass is 259 g/mol. The molecule has 3 aromatic rings. The van der Waals surface area contributed by atoms with Crippen molar-refractivity contribution in [3.8, 4) is 22.2 Å². The standard InChI is InChI=1S/C11H9N5OS/c1-6-8(18-11(12)14-6)10-15-9(16-17-10)7-2-4-13-5-3-7/h2-5H,1H3,(H2,12,14). The summed E-state index contributed by atoms with van der Waals surface area (Å²) in [6, 6.07) is 3.64. The fourth-order valence-corrected chi connectivity index (χ4v) is 2.30. The number of nitrogens with zero attached hydrogens (tertiary/aromatic N) is 4. The summed E-state index contributed by atoms with van der Waals surface area (Å²) in [6.45, 7) is 1.86. The first-order valence-corrected chi connectivity index (χ1v) is 6.03. The molecule has 18 heavy (non-hydrogen) atoms. The molecule has 7 heteroatoms. The van der Waals surface area contributed by atoms with Crippen LogP contribution in [-0.4, -0.2) is 20.1 Å². The quantitative estimate of drug-likeness (QED) is 0.758. The summed E-state index contributed by atoms with van der Waals surface area (Å²) in [5.74, 6) is 0.965. The number of aryl methyl sites for hydroxylation is 1. The van der Waals surface area contributed by atoms with Gasteiger partial charge in [0.25, 0.3) is 5.89 Å². The van der Waals surface area contributed by atoms with Crippen LogP contribution in [0.15, 0.2) is 29.0 Å². The van der Waals surface area contributed by atoms with Crippen LogP contribution in [0.5, 0.6) is 0 Å². The second-order valence-corrected chi connectivity index (χ2v) is 4.66. The van der Waals surface area contributed by atoms with Gasteiger partial charge in [0.15, 0.2) is 5.13 Å². The maximum absolute atomic E-state index is 5.64. The SMILES string of the molecule is Cc1nc(N)sc1-c1nc(-c2ccncc2)no1. The van der Waals surface area contributed by atoms with Crippen LogP contribution in [0.4, 0.5) is 5.13 Å². The zero-order valence-electron chi connectivity index (χ0n) is 9.49. The van der Waals surface area contributed by atoms with E-state index < -0.39 is 0 Å². The molecule has 3 rings (SSSR count). The number of hydrogen-bond donors (Lipinski definition) is 1. The summed E-state index contributed by atoms with van der Waals surface area (Å²) in [5.41, 5.74) is 7.29. The summed E-state index contributed by atoms with van der Waals surface area (Å²) in [5, 5.41) is 4.43. The molecule has 0 radical (unpaired) electrons. The minimum atomic E-state index is 0.438. The Labute approximate surface area is 107 Å². The Kier molecular flexibility index (Phi) is 2.52. The van der Waals surface area contributed by atoms with Gasteiger partial charge in [0.05, 0.1) is 5.69 Å². The Balaban J connectivity index is 2.02. The molecule has 0 amide bonds. The van der Waals surface area contributed by atoms with Crippen molar-refractivity contribution in [3.63, 3.8) is 0 Å². The lowest BCUT2D eigenvalue weighted by atomic mass is 10.2. The average Bonchev–Trinajstić information content (AvgIpc) is 2.97. The average molecular weight is 259 g/mol. The Bertz CT molecular complexity index is 676. The van der Waals surface area contributed by atoms with Crippen molar-refractivity contribution < 1.29 is 4.52 Å². The lowest BCUT2D eigenvalue weighted by Gasteiger charge is -1.90. The Morgan fingerprint density at radius 2 is 2.00 bits per heavy atom. The van der Waals surface area contributed by atoms with Crippen molar-refractivity contribution in [1.82, 2.24) is 20.1 Å². The minimum absolute atomic E-state index is 0.438. The molecule has 0 unspecified atom stereocenters. The third kappa shape index (κ3) is 1.84. The van der Waals surface area contributed by atoms with Crippen molar-refractivity contribution in [3.05, 3.63) is 30.2 Å². The highest BCUT2D eigenvalue weighted by Crippen LogP contribution is 2.31. The van der Waals surface area contributed by atoms with Crippen LogP contribution in [0.2, 0.25) is 0 Å². The minimum Gasteiger partial charge on any atom is -0.375 e. The van der Waals surface area contributed by atoms with Crippen LogP contribution in [0, 0.1) is 6.92 Å². The van der Waals surface area contributed by atoms with Crippen molar-refractivity contribution in [2.75, 3.05) is 5.73 Å². The molecule has 0 fully saturated rings. The zero-order valence-corrected chi connectivity index (χ0v) is 10.3. The van der Waals surface area contributed by atoms with Gasteiger partial charge in [0.2, 0.25) is 5.82 Å². The van der Waals surface area contributed by atoms with E-state index in [-0.39, 0.29) is 0 Å². The highest BCUT2D eigenvalue weighted by molar-refractivity contribution is 7.18. The van der Waals surface area contributed by atoms with Gasteiger partial charge in [-0.15, -0.1) is 0 Å². The number of nitrogens with two attached hydrogens (primary N) is 1. The molecule has 0 bridgehead atoms. The second-order valence-electron chi connectivity index (χ2n) is 3.63. The predicted octanol–water partition coefficient (Wildman–Crippen LogP) is 2.15. The summed E-state index contributed by atoms with van der Waals surface area (Å²) in [6.07, 6.45) is 3.36. The van der Waals surface area contributed by atoms with Gasteiger partial charge in [-0.3, -0.25) is 4.98 Å². The fourth-order valence-electron chi connectivity index (χ4n) is 1.55. The van der Waals surface area contributed by atoms with Crippen molar-refractivity contribution >= 4 is 16.5 Å². The molecule has 0 saturated carbocycles. The topological polar surface area (TPSA) is 90.7 Å². The number of hydrogen-bond acceptors (Lipinski definition) is 7. The number of anilines is 1. The number of pyridine rings is 1. The molecular weight excluding hydrogens is 250 g/mol. The van der Waals surface area contributed by atoms with Gasteiger partial charge in [-0.05, 0) is 19.1 Å². The molecule has 0 atom stereocenters. The maximum Gasteiger partial charge on any atom is 0.270 e. The number of thiazole rings is 1. The molecule has 3 aromatic heterocycles. The van der Waals surface area contributed by atoms with Crippen molar-refractivity contribution in [2.24, 2.45) is 0 Å². The molecule has 6 nitrogen and oxygen atoms in total. The molecule has 2 N–H and O–H groups in total. The van der Waals surface area contributed by atoms with E-state index in [0.29, 0.717) is 16.8 Å². The van der Waals surface area contributed by atoms with Gasteiger partial charge >= 0.3 is 0 Å². The molecular formula is C11H9N5OS. The van der Waals surface area contributed by atoms with Crippen LogP contribution < -0.4 is 5.73 Å². The van der Waals surface area contributed by atoms with Gasteiger partial charge in [-0.2, -0.15) is 4.98 Å². The highest BCUT2D eigenvalue weighted by atomic mass is 32.1. The molecule has 0 aliphatic rings. The lowest BCUT2D eigenvalue weighted by Crippen LogP contribution is -1.82. The Hall–Kier alpha value is -2.28. The van der Waals surface area contributed by atoms with Gasteiger partial charge in [-0.1, -0.05) is 16.5 Å². The first-order valence-electron chi connectivity index (χ1n) is 5.21. The number of rotatable bonds is 2. The van der Waals surface area contributed by atoms with Crippen molar-refractivity contribution in [1.29, 1.82) is 0 Å². The third-order valence-electron chi connectivity index (χ3n) is 2.37. The van der Waals surface area contributed by atoms with Gasteiger partial charge in [0.1, 0.15) is 4.88 Å². The smallest absolute Gasteiger partial charge is 0.270 e. The van der Waals surface area contributed by atoms with Crippen LogP contribution >= 0.6 is 11.3 Å². The van der Waals surface area contributed by atoms with E-state index in [9.17, 15) is 0 Å². The summed E-state index contributed by atoms with van der Waals surface area (Å²) in [7, 11) is 0. The second kappa shape index (κ2) is 4.19. The summed E-state index contributed by atoms with van der Waals surface area (Å²) < 4.78 is 5.23. The number of aromatic nitrogens is 4. The fraction of sp³-hybridized carbons (Fsp3) is 0.0909. The first-order chi connectivity index (χ1) is 8.74. The van der Waals surface area contributed by atoms with Gasteiger partial charge in [0, 0.05) is 18.0 Å². The van der Waals surface area contributed by atoms with E-state index in [1.54, 1.807) is 12.4 Å². The largest absolute Gasteiger partial charge is 0.375 e. The molecule has 90 valence electrons. The Morgan fingerprint density at radius 1 is 1.22 bits per heavy atom. The molecule has 3 heterocycles. The third-order valence-corrected chi connectivity index (χ3v) is 3.35. The number of nitrogen functional groups attached to an aromatic ring is 1. The lowest BCUT2D eigenvalue weighted by molar-refractivity contribution is 0.433. The van der Waals surface area contributed by atoms with Crippen LogP contribution in [0.25, 0.3) is 22.2 Å². The summed E-state index contributed by atoms with van der Waals surface area (Å²) >= 11 is 1.33. The Morgan fingerprint density at radius 3 is 2.67 bits per heavy atom. The molecule has 0 aromatic carbocycles.